The van der Waals surface area contributed by atoms with Crippen molar-refractivity contribution in [3.05, 3.63) is 32.7 Å². The van der Waals surface area contributed by atoms with Crippen molar-refractivity contribution in [2.75, 3.05) is 37.9 Å². The van der Waals surface area contributed by atoms with Gasteiger partial charge in [0.05, 0.1) is 27.8 Å². The number of benzene rings is 1. The molecule has 0 radical (unpaired) electrons. The van der Waals surface area contributed by atoms with Gasteiger partial charge in [-0.2, -0.15) is 0 Å². The van der Waals surface area contributed by atoms with Gasteiger partial charge in [0.2, 0.25) is 0 Å². The summed E-state index contributed by atoms with van der Waals surface area (Å²) < 4.78 is 17.7. The number of halogens is 4. The van der Waals surface area contributed by atoms with Gasteiger partial charge in [0, 0.05) is 18.7 Å². The summed E-state index contributed by atoms with van der Waals surface area (Å²) in [6.45, 7) is 6.72. The minimum absolute atomic E-state index is 0.145. The zero-order valence-electron chi connectivity index (χ0n) is 16.7. The molecule has 0 saturated heterocycles. The van der Waals surface area contributed by atoms with Crippen LogP contribution in [-0.2, 0) is 4.74 Å². The van der Waals surface area contributed by atoms with Gasteiger partial charge in [0.25, 0.3) is 0 Å². The van der Waals surface area contributed by atoms with E-state index in [9.17, 15) is 0 Å². The summed E-state index contributed by atoms with van der Waals surface area (Å²) in [5.74, 6) is 3.24. The molecule has 0 aliphatic rings. The Morgan fingerprint density at radius 2 is 1.59 bits per heavy atom. The van der Waals surface area contributed by atoms with E-state index < -0.39 is 0 Å². The van der Waals surface area contributed by atoms with Crippen LogP contribution in [0.3, 0.4) is 0 Å². The van der Waals surface area contributed by atoms with E-state index in [2.05, 4.69) is 13.8 Å². The Bertz CT molecular complexity index is 584. The van der Waals surface area contributed by atoms with E-state index >= 15 is 0 Å². The lowest BCUT2D eigenvalue weighted by atomic mass is 10.2. The lowest BCUT2D eigenvalue weighted by molar-refractivity contribution is 0.140. The molecule has 166 valence electrons. The van der Waals surface area contributed by atoms with Crippen molar-refractivity contribution in [2.24, 2.45) is 0 Å². The maximum Gasteiger partial charge on any atom is 0.156 e. The monoisotopic (exact) mass is 520 g/mol. The Morgan fingerprint density at radius 3 is 2.17 bits per heavy atom. The van der Waals surface area contributed by atoms with E-state index in [-0.39, 0.29) is 11.1 Å². The van der Waals surface area contributed by atoms with Gasteiger partial charge in [-0.15, -0.1) is 23.5 Å². The van der Waals surface area contributed by atoms with Gasteiger partial charge < -0.3 is 14.2 Å². The minimum atomic E-state index is 0.145. The third kappa shape index (κ3) is 12.7. The van der Waals surface area contributed by atoms with Crippen LogP contribution < -0.4 is 9.47 Å². The molecule has 9 heteroatoms. The van der Waals surface area contributed by atoms with Crippen LogP contribution >= 0.6 is 69.9 Å². The number of hydrogen-bond acceptors (Lipinski definition) is 5. The first-order valence-electron chi connectivity index (χ1n) is 9.54. The molecule has 1 rings (SSSR count). The number of hydrogen-bond donors (Lipinski definition) is 0. The molecule has 0 aliphatic carbocycles. The van der Waals surface area contributed by atoms with Crippen molar-refractivity contribution in [3.63, 3.8) is 0 Å². The zero-order valence-corrected chi connectivity index (χ0v) is 21.4. The van der Waals surface area contributed by atoms with Crippen LogP contribution in [0.5, 0.6) is 11.5 Å². The smallest absolute Gasteiger partial charge is 0.156 e. The molecule has 0 heterocycles. The molecule has 0 N–H and O–H groups in total. The lowest BCUT2D eigenvalue weighted by Crippen LogP contribution is -2.10. The van der Waals surface area contributed by atoms with Gasteiger partial charge in [-0.05, 0) is 36.8 Å². The van der Waals surface area contributed by atoms with Gasteiger partial charge in [-0.3, -0.25) is 0 Å². The summed E-state index contributed by atoms with van der Waals surface area (Å²) in [5.41, 5.74) is 0. The molecule has 3 nitrogen and oxygen atoms in total. The van der Waals surface area contributed by atoms with E-state index in [0.717, 1.165) is 44.0 Å². The molecule has 29 heavy (non-hydrogen) atoms. The summed E-state index contributed by atoms with van der Waals surface area (Å²) in [6, 6.07) is 3.32. The van der Waals surface area contributed by atoms with Crippen LogP contribution in [0.25, 0.3) is 0 Å². The molecule has 1 aromatic rings. The van der Waals surface area contributed by atoms with Gasteiger partial charge in [-0.25, -0.2) is 0 Å². The highest BCUT2D eigenvalue weighted by Crippen LogP contribution is 2.37. The number of ether oxygens (including phenoxy) is 3. The van der Waals surface area contributed by atoms with Crippen LogP contribution in [0.1, 0.15) is 33.1 Å². The molecular weight excluding hydrogens is 494 g/mol. The van der Waals surface area contributed by atoms with Crippen LogP contribution in [0.2, 0.25) is 10.0 Å². The molecule has 0 saturated carbocycles. The van der Waals surface area contributed by atoms with Crippen LogP contribution in [0.15, 0.2) is 22.7 Å². The van der Waals surface area contributed by atoms with E-state index in [1.807, 2.05) is 23.5 Å². The molecule has 0 fully saturated rings. The van der Waals surface area contributed by atoms with Crippen molar-refractivity contribution >= 4 is 69.9 Å². The summed E-state index contributed by atoms with van der Waals surface area (Å²) in [5, 5.41) is 0.814. The lowest BCUT2D eigenvalue weighted by Gasteiger charge is -2.14. The van der Waals surface area contributed by atoms with Gasteiger partial charge in [0.15, 0.2) is 5.75 Å². The summed E-state index contributed by atoms with van der Waals surface area (Å²) in [6.07, 6.45) is 4.47. The molecule has 0 spiro atoms. The van der Waals surface area contributed by atoms with E-state index in [1.54, 1.807) is 12.1 Å². The first-order valence-corrected chi connectivity index (χ1v) is 13.2. The maximum absolute atomic E-state index is 6.26. The third-order valence-corrected chi connectivity index (χ3v) is 6.97. The average Bonchev–Trinajstić information content (AvgIpc) is 2.65. The van der Waals surface area contributed by atoms with Gasteiger partial charge in [0.1, 0.15) is 16.8 Å². The molecule has 1 aromatic carbocycles. The van der Waals surface area contributed by atoms with Crippen molar-refractivity contribution in [2.45, 2.75) is 37.7 Å². The van der Waals surface area contributed by atoms with Crippen LogP contribution in [0, 0.1) is 0 Å². The normalized spacial score (nSPS) is 11.0. The highest BCUT2D eigenvalue weighted by molar-refractivity contribution is 8.17. The summed E-state index contributed by atoms with van der Waals surface area (Å²) >= 11 is 27.5. The third-order valence-electron chi connectivity index (χ3n) is 3.60. The predicted octanol–water partition coefficient (Wildman–Crippen LogP) is 8.09. The first-order chi connectivity index (χ1) is 14.0. The highest BCUT2D eigenvalue weighted by atomic mass is 35.5. The Labute approximate surface area is 203 Å². The maximum atomic E-state index is 6.26. The molecule has 0 unspecified atom stereocenters. The van der Waals surface area contributed by atoms with Crippen LogP contribution in [0.4, 0.5) is 0 Å². The molecule has 0 atom stereocenters. The van der Waals surface area contributed by atoms with E-state index in [4.69, 9.17) is 60.6 Å². The van der Waals surface area contributed by atoms with E-state index in [1.165, 1.54) is 6.08 Å². The summed E-state index contributed by atoms with van der Waals surface area (Å²) in [7, 11) is 0. The zero-order chi connectivity index (χ0) is 21.5. The average molecular weight is 522 g/mol. The van der Waals surface area contributed by atoms with Crippen molar-refractivity contribution < 1.29 is 14.2 Å². The predicted molar refractivity (Wildman–Crippen MR) is 132 cm³/mol. The topological polar surface area (TPSA) is 27.7 Å². The Morgan fingerprint density at radius 1 is 0.966 bits per heavy atom. The van der Waals surface area contributed by atoms with Crippen molar-refractivity contribution in [1.29, 1.82) is 0 Å². The molecule has 0 aromatic heterocycles. The molecular formula is C20H28Cl4O3S2. The Kier molecular flexibility index (Phi) is 16.1. The standard InChI is InChI=1S/C20H28Cl4O3S2/c1-3-28-19(29-4-2)14-25-9-6-5-7-10-27-20-16(21)12-15(13-17(20)22)26-11-8-18(23)24/h8,12-13,19H,3-7,9-11,14H2,1-2H3. The molecule has 0 aliphatic heterocycles. The first kappa shape index (κ1) is 27.4. The number of thioether (sulfide) groups is 2. The largest absolute Gasteiger partial charge is 0.490 e. The second kappa shape index (κ2) is 17.0. The fraction of sp³-hybridized carbons (Fsp3) is 0.600. The quantitative estimate of drug-likeness (QED) is 0.162. The van der Waals surface area contributed by atoms with Gasteiger partial charge >= 0.3 is 0 Å². The fourth-order valence-electron chi connectivity index (χ4n) is 2.31. The van der Waals surface area contributed by atoms with Crippen LogP contribution in [-0.4, -0.2) is 42.5 Å². The number of rotatable bonds is 16. The van der Waals surface area contributed by atoms with Crippen molar-refractivity contribution in [3.8, 4) is 11.5 Å². The summed E-state index contributed by atoms with van der Waals surface area (Å²) in [4.78, 5) is 0. The molecule has 0 amide bonds. The fourth-order valence-corrected chi connectivity index (χ4v) is 5.34. The van der Waals surface area contributed by atoms with Gasteiger partial charge in [-0.1, -0.05) is 60.3 Å². The minimum Gasteiger partial charge on any atom is -0.490 e. The Balaban J connectivity index is 2.25. The Hall–Kier alpha value is 0.380. The number of unbranched alkanes of at least 4 members (excludes halogenated alkanes) is 2. The second-order valence-electron chi connectivity index (χ2n) is 5.85. The van der Waals surface area contributed by atoms with E-state index in [0.29, 0.717) is 32.7 Å². The molecule has 0 bridgehead atoms. The highest BCUT2D eigenvalue weighted by Gasteiger charge is 2.11. The SMILES string of the molecule is CCSC(COCCCCCOc1c(Cl)cc(OCC=C(Cl)Cl)cc1Cl)SCC. The second-order valence-corrected chi connectivity index (χ2v) is 10.9. The van der Waals surface area contributed by atoms with Crippen molar-refractivity contribution in [1.82, 2.24) is 0 Å².